The van der Waals surface area contributed by atoms with Crippen molar-refractivity contribution >= 4 is 11.6 Å². The van der Waals surface area contributed by atoms with Crippen LogP contribution in [0.3, 0.4) is 0 Å². The van der Waals surface area contributed by atoms with Crippen LogP contribution in [0.5, 0.6) is 5.75 Å². The highest BCUT2D eigenvalue weighted by atomic mass is 16.5. The van der Waals surface area contributed by atoms with Crippen LogP contribution in [0.4, 0.5) is 5.69 Å². The van der Waals surface area contributed by atoms with Gasteiger partial charge in [-0.2, -0.15) is 0 Å². The average molecular weight is 323 g/mol. The van der Waals surface area contributed by atoms with Gasteiger partial charge < -0.3 is 14.6 Å². The summed E-state index contributed by atoms with van der Waals surface area (Å²) in [4.78, 5) is 16.8. The molecule has 1 N–H and O–H groups in total. The Hall–Kier alpha value is -3.15. The lowest BCUT2D eigenvalue weighted by molar-refractivity contribution is 0.102. The van der Waals surface area contributed by atoms with Crippen LogP contribution < -0.4 is 10.1 Å². The minimum absolute atomic E-state index is 0.306. The van der Waals surface area contributed by atoms with Crippen molar-refractivity contribution in [3.8, 4) is 17.0 Å². The van der Waals surface area contributed by atoms with E-state index in [1.165, 1.54) is 0 Å². The molecule has 0 atom stereocenters. The number of aryl methyl sites for hydroxylation is 1. The van der Waals surface area contributed by atoms with E-state index in [9.17, 15) is 4.79 Å². The molecule has 6 heteroatoms. The fourth-order valence-corrected chi connectivity index (χ4v) is 2.38. The summed E-state index contributed by atoms with van der Waals surface area (Å²) in [6, 6.07) is 10.9. The van der Waals surface area contributed by atoms with Crippen molar-refractivity contribution in [2.24, 2.45) is 0 Å². The van der Waals surface area contributed by atoms with Gasteiger partial charge in [-0.25, -0.2) is 0 Å². The zero-order valence-electron chi connectivity index (χ0n) is 13.4. The van der Waals surface area contributed by atoms with Crippen LogP contribution in [0.1, 0.15) is 23.0 Å². The second-order valence-electron chi connectivity index (χ2n) is 5.09. The maximum Gasteiger partial charge on any atom is 0.261 e. The minimum atomic E-state index is -0.306. The lowest BCUT2D eigenvalue weighted by Crippen LogP contribution is -2.14. The molecule has 122 valence electrons. The summed E-state index contributed by atoms with van der Waals surface area (Å²) < 4.78 is 10.8. The number of nitrogens with zero attached hydrogens (tertiary/aromatic N) is 2. The molecule has 0 unspecified atom stereocenters. The fraction of sp³-hybridized carbons (Fsp3) is 0.167. The Bertz CT molecular complexity index is 844. The van der Waals surface area contributed by atoms with Gasteiger partial charge in [0.2, 0.25) is 0 Å². The van der Waals surface area contributed by atoms with Crippen molar-refractivity contribution in [3.63, 3.8) is 0 Å². The van der Waals surface area contributed by atoms with Crippen molar-refractivity contribution in [1.29, 1.82) is 0 Å². The van der Waals surface area contributed by atoms with Gasteiger partial charge in [-0.15, -0.1) is 0 Å². The van der Waals surface area contributed by atoms with E-state index in [2.05, 4.69) is 15.5 Å². The van der Waals surface area contributed by atoms with E-state index < -0.39 is 0 Å². The lowest BCUT2D eigenvalue weighted by Gasteiger charge is -2.11. The second kappa shape index (κ2) is 6.95. The van der Waals surface area contributed by atoms with E-state index in [0.717, 1.165) is 5.56 Å². The van der Waals surface area contributed by atoms with Gasteiger partial charge in [-0.3, -0.25) is 9.78 Å². The van der Waals surface area contributed by atoms with Crippen molar-refractivity contribution < 1.29 is 14.1 Å². The number of hydrogen-bond donors (Lipinski definition) is 1. The molecule has 1 amide bonds. The molecule has 0 saturated carbocycles. The Labute approximate surface area is 139 Å². The van der Waals surface area contributed by atoms with Crippen molar-refractivity contribution in [2.75, 3.05) is 11.9 Å². The molecular weight excluding hydrogens is 306 g/mol. The van der Waals surface area contributed by atoms with Gasteiger partial charge in [-0.1, -0.05) is 17.3 Å². The van der Waals surface area contributed by atoms with Crippen LogP contribution in [0.15, 0.2) is 53.3 Å². The Kier molecular flexibility index (Phi) is 4.56. The quantitative estimate of drug-likeness (QED) is 0.774. The third kappa shape index (κ3) is 3.12. The SMILES string of the molecule is CCOc1ccccc1NC(=O)c1c(-c2cccnc2)noc1C. The lowest BCUT2D eigenvalue weighted by atomic mass is 10.1. The Morgan fingerprint density at radius 3 is 2.83 bits per heavy atom. The van der Waals surface area contributed by atoms with Crippen LogP contribution in [-0.2, 0) is 0 Å². The molecular formula is C18H17N3O3. The molecule has 3 aromatic rings. The van der Waals surface area contributed by atoms with Gasteiger partial charge in [0.25, 0.3) is 5.91 Å². The monoisotopic (exact) mass is 323 g/mol. The van der Waals surface area contributed by atoms with E-state index >= 15 is 0 Å². The number of nitrogens with one attached hydrogen (secondary N) is 1. The third-order valence-electron chi connectivity index (χ3n) is 3.46. The number of carbonyl (C=O) groups is 1. The number of amides is 1. The molecule has 2 aromatic heterocycles. The van der Waals surface area contributed by atoms with Crippen LogP contribution in [0, 0.1) is 6.92 Å². The number of rotatable bonds is 5. The molecule has 24 heavy (non-hydrogen) atoms. The summed E-state index contributed by atoms with van der Waals surface area (Å²) >= 11 is 0. The van der Waals surface area contributed by atoms with Gasteiger partial charge in [-0.05, 0) is 38.1 Å². The predicted molar refractivity (Wildman–Crippen MR) is 90.0 cm³/mol. The van der Waals surface area contributed by atoms with Crippen LogP contribution in [-0.4, -0.2) is 22.7 Å². The normalized spacial score (nSPS) is 10.4. The molecule has 1 aromatic carbocycles. The number of para-hydroxylation sites is 2. The summed E-state index contributed by atoms with van der Waals surface area (Å²) in [5.74, 6) is 0.755. The first-order chi connectivity index (χ1) is 11.7. The molecule has 2 heterocycles. The molecule has 0 aliphatic rings. The van der Waals surface area contributed by atoms with Gasteiger partial charge in [0.15, 0.2) is 0 Å². The first-order valence-electron chi connectivity index (χ1n) is 7.60. The van der Waals surface area contributed by atoms with E-state index in [1.54, 1.807) is 31.5 Å². The Balaban J connectivity index is 1.93. The van der Waals surface area contributed by atoms with Crippen LogP contribution >= 0.6 is 0 Å². The van der Waals surface area contributed by atoms with Gasteiger partial charge in [0.05, 0.1) is 12.3 Å². The zero-order valence-corrected chi connectivity index (χ0v) is 13.4. The number of anilines is 1. The maximum atomic E-state index is 12.8. The number of hydrogen-bond acceptors (Lipinski definition) is 5. The minimum Gasteiger partial charge on any atom is -0.492 e. The van der Waals surface area contributed by atoms with Gasteiger partial charge >= 0.3 is 0 Å². The number of aromatic nitrogens is 2. The number of benzene rings is 1. The molecule has 0 fully saturated rings. The zero-order chi connectivity index (χ0) is 16.9. The predicted octanol–water partition coefficient (Wildman–Crippen LogP) is 3.70. The van der Waals surface area contributed by atoms with Crippen molar-refractivity contribution in [3.05, 3.63) is 60.1 Å². The van der Waals surface area contributed by atoms with E-state index in [4.69, 9.17) is 9.26 Å². The van der Waals surface area contributed by atoms with Gasteiger partial charge in [0.1, 0.15) is 22.8 Å². The standard InChI is InChI=1S/C18H17N3O3/c1-3-23-15-9-5-4-8-14(15)20-18(22)16-12(2)24-21-17(16)13-7-6-10-19-11-13/h4-11H,3H2,1-2H3,(H,20,22). The summed E-state index contributed by atoms with van der Waals surface area (Å²) in [6.45, 7) is 4.11. The smallest absolute Gasteiger partial charge is 0.261 e. The Morgan fingerprint density at radius 1 is 1.25 bits per heavy atom. The van der Waals surface area contributed by atoms with Gasteiger partial charge in [0, 0.05) is 18.0 Å². The molecule has 6 nitrogen and oxygen atoms in total. The largest absolute Gasteiger partial charge is 0.492 e. The summed E-state index contributed by atoms with van der Waals surface area (Å²) in [5.41, 5.74) is 2.17. The second-order valence-corrected chi connectivity index (χ2v) is 5.09. The molecule has 3 rings (SSSR count). The van der Waals surface area contributed by atoms with E-state index in [-0.39, 0.29) is 5.91 Å². The summed E-state index contributed by atoms with van der Waals surface area (Å²) in [7, 11) is 0. The van der Waals surface area contributed by atoms with Crippen LogP contribution in [0.25, 0.3) is 11.3 Å². The molecule has 0 spiro atoms. The number of ether oxygens (including phenoxy) is 1. The molecule has 0 bridgehead atoms. The highest BCUT2D eigenvalue weighted by Crippen LogP contribution is 2.28. The Morgan fingerprint density at radius 2 is 2.08 bits per heavy atom. The number of carbonyl (C=O) groups excluding carboxylic acids is 1. The fourth-order valence-electron chi connectivity index (χ4n) is 2.38. The summed E-state index contributed by atoms with van der Waals surface area (Å²) in [6.07, 6.45) is 3.30. The van der Waals surface area contributed by atoms with Crippen molar-refractivity contribution in [2.45, 2.75) is 13.8 Å². The highest BCUT2D eigenvalue weighted by Gasteiger charge is 2.22. The molecule has 0 aliphatic carbocycles. The molecule has 0 aliphatic heterocycles. The maximum absolute atomic E-state index is 12.8. The molecule has 0 radical (unpaired) electrons. The van der Waals surface area contributed by atoms with E-state index in [0.29, 0.717) is 35.1 Å². The van der Waals surface area contributed by atoms with E-state index in [1.807, 2.05) is 31.2 Å². The third-order valence-corrected chi connectivity index (χ3v) is 3.46. The first kappa shape index (κ1) is 15.7. The van der Waals surface area contributed by atoms with Crippen LogP contribution in [0.2, 0.25) is 0 Å². The first-order valence-corrected chi connectivity index (χ1v) is 7.60. The van der Waals surface area contributed by atoms with Crippen molar-refractivity contribution in [1.82, 2.24) is 10.1 Å². The number of pyridine rings is 1. The average Bonchev–Trinajstić information content (AvgIpc) is 2.99. The topological polar surface area (TPSA) is 77.2 Å². The highest BCUT2D eigenvalue weighted by molar-refractivity contribution is 6.09. The summed E-state index contributed by atoms with van der Waals surface area (Å²) in [5, 5.41) is 6.86. The molecule has 0 saturated heterocycles.